The molecule has 15 heavy (non-hydrogen) atoms. The van der Waals surface area contributed by atoms with E-state index in [1.807, 2.05) is 24.7 Å². The van der Waals surface area contributed by atoms with Crippen LogP contribution < -0.4 is 5.73 Å². The summed E-state index contributed by atoms with van der Waals surface area (Å²) in [5, 5.41) is 3.86. The van der Waals surface area contributed by atoms with Gasteiger partial charge >= 0.3 is 0 Å². The molecule has 2 aromatic rings. The van der Waals surface area contributed by atoms with E-state index < -0.39 is 0 Å². The second-order valence-electron chi connectivity index (χ2n) is 3.45. The maximum absolute atomic E-state index is 5.51. The van der Waals surface area contributed by atoms with Gasteiger partial charge in [-0.25, -0.2) is 4.98 Å². The number of aryl methyl sites for hydroxylation is 1. The molecular weight excluding hydrogens is 194 g/mol. The Morgan fingerprint density at radius 2 is 2.40 bits per heavy atom. The van der Waals surface area contributed by atoms with Crippen LogP contribution in [-0.4, -0.2) is 26.2 Å². The number of imidazole rings is 1. The summed E-state index contributed by atoms with van der Waals surface area (Å²) in [4.78, 5) is 8.37. The molecule has 80 valence electrons. The first-order chi connectivity index (χ1) is 7.22. The molecule has 0 aliphatic carbocycles. The quantitative estimate of drug-likeness (QED) is 0.793. The van der Waals surface area contributed by atoms with Crippen molar-refractivity contribution in [2.45, 2.75) is 12.8 Å². The highest BCUT2D eigenvalue weighted by Crippen LogP contribution is 2.16. The van der Waals surface area contributed by atoms with Crippen molar-refractivity contribution in [1.82, 2.24) is 19.7 Å². The van der Waals surface area contributed by atoms with Gasteiger partial charge in [-0.15, -0.1) is 0 Å². The Bertz CT molecular complexity index is 447. The van der Waals surface area contributed by atoms with E-state index in [9.17, 15) is 0 Å². The largest absolute Gasteiger partial charge is 0.339 e. The summed E-state index contributed by atoms with van der Waals surface area (Å²) in [6.45, 7) is 2.43. The molecule has 0 aromatic carbocycles. The van der Waals surface area contributed by atoms with Gasteiger partial charge in [0.1, 0.15) is 0 Å². The lowest BCUT2D eigenvalue weighted by molar-refractivity contribution is 0.361. The van der Waals surface area contributed by atoms with Crippen molar-refractivity contribution in [2.75, 3.05) is 6.54 Å². The van der Waals surface area contributed by atoms with Crippen LogP contribution in [0.1, 0.15) is 18.7 Å². The first-order valence-electron chi connectivity index (χ1n) is 4.73. The molecule has 6 heteroatoms. The molecule has 2 aromatic heterocycles. The van der Waals surface area contributed by atoms with Crippen molar-refractivity contribution in [3.63, 3.8) is 0 Å². The van der Waals surface area contributed by atoms with E-state index in [2.05, 4.69) is 15.1 Å². The van der Waals surface area contributed by atoms with E-state index in [-0.39, 0.29) is 5.92 Å². The Morgan fingerprint density at radius 1 is 1.60 bits per heavy atom. The van der Waals surface area contributed by atoms with Gasteiger partial charge in [-0.3, -0.25) is 0 Å². The van der Waals surface area contributed by atoms with Crippen LogP contribution >= 0.6 is 0 Å². The first kappa shape index (κ1) is 9.85. The normalized spacial score (nSPS) is 13.0. The van der Waals surface area contributed by atoms with Crippen LogP contribution in [0.3, 0.4) is 0 Å². The Kier molecular flexibility index (Phi) is 2.51. The molecule has 0 amide bonds. The third-order valence-electron chi connectivity index (χ3n) is 2.24. The number of rotatable bonds is 3. The average molecular weight is 207 g/mol. The Hall–Kier alpha value is -1.69. The number of nitrogens with zero attached hydrogens (tertiary/aromatic N) is 4. The second-order valence-corrected chi connectivity index (χ2v) is 3.45. The van der Waals surface area contributed by atoms with Gasteiger partial charge in [0.15, 0.2) is 5.82 Å². The zero-order valence-electron chi connectivity index (χ0n) is 8.71. The van der Waals surface area contributed by atoms with Crippen molar-refractivity contribution in [3.05, 3.63) is 18.3 Å². The van der Waals surface area contributed by atoms with Gasteiger partial charge in [0.25, 0.3) is 0 Å². The van der Waals surface area contributed by atoms with Crippen LogP contribution in [0.4, 0.5) is 0 Å². The van der Waals surface area contributed by atoms with E-state index in [0.29, 0.717) is 24.1 Å². The molecule has 2 N–H and O–H groups in total. The molecule has 0 radical (unpaired) electrons. The molecule has 0 bridgehead atoms. The molecule has 6 nitrogen and oxygen atoms in total. The second kappa shape index (κ2) is 3.82. The topological polar surface area (TPSA) is 82.8 Å². The Labute approximate surface area is 87.1 Å². The first-order valence-corrected chi connectivity index (χ1v) is 4.73. The van der Waals surface area contributed by atoms with Crippen molar-refractivity contribution < 1.29 is 4.52 Å². The van der Waals surface area contributed by atoms with Gasteiger partial charge in [0.2, 0.25) is 11.7 Å². The highest BCUT2D eigenvalue weighted by molar-refractivity contribution is 5.42. The van der Waals surface area contributed by atoms with Gasteiger partial charge in [0.05, 0.1) is 0 Å². The summed E-state index contributed by atoms with van der Waals surface area (Å²) in [7, 11) is 1.88. The van der Waals surface area contributed by atoms with Crippen LogP contribution in [0.2, 0.25) is 0 Å². The third-order valence-corrected chi connectivity index (χ3v) is 2.24. The SMILES string of the molecule is CC(CN)c1nc(-c2nccn2C)no1. The number of hydrogen-bond donors (Lipinski definition) is 1. The van der Waals surface area contributed by atoms with Gasteiger partial charge < -0.3 is 14.8 Å². The van der Waals surface area contributed by atoms with E-state index in [4.69, 9.17) is 10.3 Å². The smallest absolute Gasteiger partial charge is 0.238 e. The van der Waals surface area contributed by atoms with Gasteiger partial charge in [-0.2, -0.15) is 4.98 Å². The average Bonchev–Trinajstić information content (AvgIpc) is 2.84. The predicted molar refractivity (Wildman–Crippen MR) is 54.0 cm³/mol. The van der Waals surface area contributed by atoms with Crippen molar-refractivity contribution >= 4 is 0 Å². The molecule has 0 spiro atoms. The zero-order chi connectivity index (χ0) is 10.8. The fraction of sp³-hybridized carbons (Fsp3) is 0.444. The van der Waals surface area contributed by atoms with Crippen molar-refractivity contribution in [3.8, 4) is 11.6 Å². The summed E-state index contributed by atoms with van der Waals surface area (Å²) in [5.74, 6) is 1.81. The van der Waals surface area contributed by atoms with E-state index in [1.54, 1.807) is 6.20 Å². The summed E-state index contributed by atoms with van der Waals surface area (Å²) < 4.78 is 6.94. The van der Waals surface area contributed by atoms with Gasteiger partial charge in [-0.1, -0.05) is 12.1 Å². The standard InChI is InChI=1S/C9H13N5O/c1-6(5-10)9-12-7(13-15-9)8-11-3-4-14(8)2/h3-4,6H,5,10H2,1-2H3. The number of hydrogen-bond acceptors (Lipinski definition) is 5. The molecule has 2 rings (SSSR count). The monoisotopic (exact) mass is 207 g/mol. The summed E-state index contributed by atoms with van der Waals surface area (Å²) >= 11 is 0. The molecule has 1 unspecified atom stereocenters. The maximum Gasteiger partial charge on any atom is 0.238 e. The van der Waals surface area contributed by atoms with Gasteiger partial charge in [0, 0.05) is 31.9 Å². The molecule has 0 aliphatic rings. The van der Waals surface area contributed by atoms with Crippen LogP contribution in [0.5, 0.6) is 0 Å². The summed E-state index contributed by atoms with van der Waals surface area (Å²) in [6, 6.07) is 0. The molecular formula is C9H13N5O. The van der Waals surface area contributed by atoms with E-state index in [0.717, 1.165) is 0 Å². The van der Waals surface area contributed by atoms with Crippen LogP contribution in [0, 0.1) is 0 Å². The summed E-state index contributed by atoms with van der Waals surface area (Å²) in [5.41, 5.74) is 5.51. The molecule has 0 aliphatic heterocycles. The Morgan fingerprint density at radius 3 is 3.00 bits per heavy atom. The van der Waals surface area contributed by atoms with Crippen molar-refractivity contribution in [2.24, 2.45) is 12.8 Å². The predicted octanol–water partition coefficient (Wildman–Crippen LogP) is 0.532. The molecule has 0 fully saturated rings. The minimum Gasteiger partial charge on any atom is -0.339 e. The third kappa shape index (κ3) is 1.75. The zero-order valence-corrected chi connectivity index (χ0v) is 8.71. The Balaban J connectivity index is 2.32. The van der Waals surface area contributed by atoms with E-state index in [1.165, 1.54) is 0 Å². The lowest BCUT2D eigenvalue weighted by Gasteiger charge is -1.98. The minimum atomic E-state index is 0.0755. The molecule has 1 atom stereocenters. The number of aromatic nitrogens is 4. The molecule has 0 saturated carbocycles. The number of nitrogens with two attached hydrogens (primary N) is 1. The highest BCUT2D eigenvalue weighted by Gasteiger charge is 2.15. The molecule has 0 saturated heterocycles. The van der Waals surface area contributed by atoms with Crippen molar-refractivity contribution in [1.29, 1.82) is 0 Å². The lowest BCUT2D eigenvalue weighted by Crippen LogP contribution is -2.09. The lowest BCUT2D eigenvalue weighted by atomic mass is 10.2. The minimum absolute atomic E-state index is 0.0755. The van der Waals surface area contributed by atoms with Crippen LogP contribution in [-0.2, 0) is 7.05 Å². The van der Waals surface area contributed by atoms with Crippen LogP contribution in [0.15, 0.2) is 16.9 Å². The molecule has 2 heterocycles. The maximum atomic E-state index is 5.51. The summed E-state index contributed by atoms with van der Waals surface area (Å²) in [6.07, 6.45) is 3.52. The fourth-order valence-electron chi connectivity index (χ4n) is 1.21. The highest BCUT2D eigenvalue weighted by atomic mass is 16.5. The van der Waals surface area contributed by atoms with Crippen LogP contribution in [0.25, 0.3) is 11.6 Å². The fourth-order valence-corrected chi connectivity index (χ4v) is 1.21. The van der Waals surface area contributed by atoms with Gasteiger partial charge in [-0.05, 0) is 0 Å². The van der Waals surface area contributed by atoms with E-state index >= 15 is 0 Å².